The van der Waals surface area contributed by atoms with Gasteiger partial charge in [-0.1, -0.05) is 46.6 Å². The van der Waals surface area contributed by atoms with Crippen LogP contribution >= 0.6 is 0 Å². The molecule has 0 aromatic heterocycles. The molecule has 0 aromatic carbocycles. The molecule has 36 heavy (non-hydrogen) atoms. The Morgan fingerprint density at radius 2 is 2.00 bits per heavy atom. The number of ether oxygens (including phenoxy) is 2. The van der Waals surface area contributed by atoms with Crippen LogP contribution in [0.15, 0.2) is 12.7 Å². The summed E-state index contributed by atoms with van der Waals surface area (Å²) in [5.41, 5.74) is -2.05. The van der Waals surface area contributed by atoms with Crippen molar-refractivity contribution >= 4 is 17.8 Å². The molecule has 1 spiro atoms. The highest BCUT2D eigenvalue weighted by Gasteiger charge is 2.81. The summed E-state index contributed by atoms with van der Waals surface area (Å²) in [5.74, 6) is -2.66. The first-order chi connectivity index (χ1) is 17.0. The Morgan fingerprint density at radius 3 is 2.53 bits per heavy atom. The number of hydrogen-bond acceptors (Lipinski definition) is 6. The summed E-state index contributed by atoms with van der Waals surface area (Å²) in [6, 6.07) is -1.54. The Hall–Kier alpha value is -1.93. The number of amides is 2. The summed E-state index contributed by atoms with van der Waals surface area (Å²) in [5, 5.41) is 10.5. The van der Waals surface area contributed by atoms with Gasteiger partial charge in [-0.2, -0.15) is 0 Å². The van der Waals surface area contributed by atoms with E-state index in [1.54, 1.807) is 22.8 Å². The first-order valence-electron chi connectivity index (χ1n) is 13.7. The number of esters is 1. The van der Waals surface area contributed by atoms with Crippen LogP contribution in [0.2, 0.25) is 0 Å². The highest BCUT2D eigenvalue weighted by atomic mass is 16.6. The molecule has 3 aliphatic heterocycles. The molecule has 3 saturated heterocycles. The molecule has 8 heteroatoms. The molecule has 0 aliphatic carbocycles. The second-order valence-electron chi connectivity index (χ2n) is 11.3. The van der Waals surface area contributed by atoms with Crippen LogP contribution in [0.5, 0.6) is 0 Å². The van der Waals surface area contributed by atoms with E-state index in [2.05, 4.69) is 13.5 Å². The third-order valence-corrected chi connectivity index (χ3v) is 9.22. The van der Waals surface area contributed by atoms with Gasteiger partial charge in [-0.05, 0) is 45.4 Å². The molecule has 1 N–H and O–H groups in total. The van der Waals surface area contributed by atoms with E-state index in [4.69, 9.17) is 9.47 Å². The van der Waals surface area contributed by atoms with Crippen LogP contribution < -0.4 is 0 Å². The average Bonchev–Trinajstić information content (AvgIpc) is 3.34. The van der Waals surface area contributed by atoms with Crippen molar-refractivity contribution in [3.63, 3.8) is 0 Å². The van der Waals surface area contributed by atoms with E-state index in [1.165, 1.54) is 0 Å². The predicted molar refractivity (Wildman–Crippen MR) is 137 cm³/mol. The molecule has 204 valence electrons. The Kier molecular flexibility index (Phi) is 8.61. The zero-order valence-electron chi connectivity index (χ0n) is 23.2. The summed E-state index contributed by atoms with van der Waals surface area (Å²) in [4.78, 5) is 45.4. The fraction of sp³-hybridized carbons (Fsp3) is 0.821. The number of carbonyl (C=O) groups excluding carboxylic acids is 3. The number of aliphatic hydroxyl groups is 1. The average molecular weight is 507 g/mol. The van der Waals surface area contributed by atoms with Crippen molar-refractivity contribution in [1.82, 2.24) is 9.80 Å². The molecular formula is C28H46N2O6. The van der Waals surface area contributed by atoms with Crippen molar-refractivity contribution in [3.05, 3.63) is 12.7 Å². The van der Waals surface area contributed by atoms with E-state index in [-0.39, 0.29) is 42.9 Å². The Morgan fingerprint density at radius 1 is 1.33 bits per heavy atom. The van der Waals surface area contributed by atoms with Gasteiger partial charge >= 0.3 is 5.97 Å². The topological polar surface area (TPSA) is 96.4 Å². The van der Waals surface area contributed by atoms with Gasteiger partial charge in [0.1, 0.15) is 17.6 Å². The minimum Gasteiger partial charge on any atom is -0.466 e. The molecule has 8 nitrogen and oxygen atoms in total. The maximum Gasteiger partial charge on any atom is 0.312 e. The van der Waals surface area contributed by atoms with Crippen molar-refractivity contribution in [2.24, 2.45) is 23.7 Å². The first-order valence-corrected chi connectivity index (χ1v) is 13.7. The third kappa shape index (κ3) is 4.18. The molecule has 4 unspecified atom stereocenters. The number of likely N-dealkylation sites (tertiary alicyclic amines) is 1. The van der Waals surface area contributed by atoms with Crippen molar-refractivity contribution in [2.45, 2.75) is 103 Å². The number of hydrogen-bond donors (Lipinski definition) is 1. The highest BCUT2D eigenvalue weighted by molar-refractivity contribution is 5.99. The van der Waals surface area contributed by atoms with Gasteiger partial charge in [0, 0.05) is 12.6 Å². The van der Waals surface area contributed by atoms with Crippen molar-refractivity contribution in [3.8, 4) is 0 Å². The normalized spacial score (nSPS) is 35.3. The van der Waals surface area contributed by atoms with Crippen LogP contribution in [-0.4, -0.2) is 81.8 Å². The van der Waals surface area contributed by atoms with Crippen LogP contribution in [0.3, 0.4) is 0 Å². The Bertz CT molecular complexity index is 863. The smallest absolute Gasteiger partial charge is 0.312 e. The molecule has 3 rings (SSSR count). The second-order valence-corrected chi connectivity index (χ2v) is 11.3. The van der Waals surface area contributed by atoms with E-state index in [9.17, 15) is 19.5 Å². The lowest BCUT2D eigenvalue weighted by atomic mass is 9.62. The highest BCUT2D eigenvalue weighted by Crippen LogP contribution is 2.66. The van der Waals surface area contributed by atoms with Crippen LogP contribution in [0.25, 0.3) is 0 Å². The Balaban J connectivity index is 2.20. The maximum atomic E-state index is 14.5. The number of carbonyl (C=O) groups is 3. The molecule has 2 bridgehead atoms. The van der Waals surface area contributed by atoms with Gasteiger partial charge in [0.25, 0.3) is 0 Å². The molecule has 0 aromatic rings. The van der Waals surface area contributed by atoms with E-state index >= 15 is 0 Å². The SMILES string of the molecule is C=CCN(C(=O)C1N([C@@H](CO)[C@@H](C)CC)C(=O)[C@@H]2[C@H](C(=O)OCC)[C@@]3(C)OC12CC3C)C(C)CCC. The number of aliphatic hydroxyl groups excluding tert-OH is 1. The van der Waals surface area contributed by atoms with Gasteiger partial charge in [0.2, 0.25) is 11.8 Å². The monoisotopic (exact) mass is 506 g/mol. The lowest BCUT2D eigenvalue weighted by Crippen LogP contribution is -2.61. The lowest BCUT2D eigenvalue weighted by Gasteiger charge is -2.42. The standard InChI is InChI=1S/C28H46N2O6/c1-9-13-19(7)29(14-10-2)25(33)23-28-15-18(6)27(8,36-28)22(26(34)35-12-4)21(28)24(32)30(23)20(16-31)17(5)11-3/h10,17-23,31H,2,9,11-16H2,1,3-8H3/t17-,18?,19?,20-,21-,22+,23?,27-,28?/m0/s1. The van der Waals surface area contributed by atoms with Crippen LogP contribution in [-0.2, 0) is 23.9 Å². The molecule has 3 heterocycles. The lowest BCUT2D eigenvalue weighted by molar-refractivity contribution is -0.164. The van der Waals surface area contributed by atoms with Crippen molar-refractivity contribution in [2.75, 3.05) is 19.8 Å². The van der Waals surface area contributed by atoms with Crippen molar-refractivity contribution in [1.29, 1.82) is 0 Å². The molecule has 0 radical (unpaired) electrons. The summed E-state index contributed by atoms with van der Waals surface area (Å²) in [7, 11) is 0. The van der Waals surface area contributed by atoms with Crippen molar-refractivity contribution < 1.29 is 29.0 Å². The minimum atomic E-state index is -1.15. The van der Waals surface area contributed by atoms with Crippen LogP contribution in [0, 0.1) is 23.7 Å². The zero-order chi connectivity index (χ0) is 27.0. The first kappa shape index (κ1) is 28.6. The fourth-order valence-electron chi connectivity index (χ4n) is 7.07. The number of rotatable bonds is 12. The molecule has 3 fully saturated rings. The number of nitrogens with zero attached hydrogens (tertiary/aromatic N) is 2. The number of fused-ring (bicyclic) bond motifs is 1. The van der Waals surface area contributed by atoms with E-state index in [0.29, 0.717) is 13.0 Å². The molecular weight excluding hydrogens is 460 g/mol. The summed E-state index contributed by atoms with van der Waals surface area (Å²) in [6.45, 7) is 17.9. The van der Waals surface area contributed by atoms with Gasteiger partial charge in [-0.3, -0.25) is 14.4 Å². The molecule has 9 atom stereocenters. The van der Waals surface area contributed by atoms with Gasteiger partial charge in [-0.25, -0.2) is 0 Å². The Labute approximate surface area is 216 Å². The fourth-order valence-corrected chi connectivity index (χ4v) is 7.07. The van der Waals surface area contributed by atoms with Gasteiger partial charge in [0.05, 0.1) is 30.8 Å². The predicted octanol–water partition coefficient (Wildman–Crippen LogP) is 3.17. The second kappa shape index (κ2) is 10.8. The van der Waals surface area contributed by atoms with Gasteiger partial charge < -0.3 is 24.4 Å². The molecule has 0 saturated carbocycles. The quantitative estimate of drug-likeness (QED) is 0.323. The zero-order valence-corrected chi connectivity index (χ0v) is 23.2. The largest absolute Gasteiger partial charge is 0.466 e. The van der Waals surface area contributed by atoms with E-state index in [0.717, 1.165) is 19.3 Å². The summed E-state index contributed by atoms with van der Waals surface area (Å²) >= 11 is 0. The van der Waals surface area contributed by atoms with Crippen LogP contribution in [0.1, 0.15) is 74.1 Å². The molecule has 3 aliphatic rings. The third-order valence-electron chi connectivity index (χ3n) is 9.22. The maximum absolute atomic E-state index is 14.5. The van der Waals surface area contributed by atoms with E-state index < -0.39 is 41.1 Å². The molecule has 2 amide bonds. The van der Waals surface area contributed by atoms with E-state index in [1.807, 2.05) is 34.6 Å². The minimum absolute atomic E-state index is 0.0448. The summed E-state index contributed by atoms with van der Waals surface area (Å²) < 4.78 is 12.2. The van der Waals surface area contributed by atoms with Crippen LogP contribution in [0.4, 0.5) is 0 Å². The summed E-state index contributed by atoms with van der Waals surface area (Å²) in [6.07, 6.45) is 4.65. The van der Waals surface area contributed by atoms with Gasteiger partial charge in [0.15, 0.2) is 0 Å². The van der Waals surface area contributed by atoms with Gasteiger partial charge in [-0.15, -0.1) is 6.58 Å².